The summed E-state index contributed by atoms with van der Waals surface area (Å²) in [6.45, 7) is -4.88. The zero-order valence-electron chi connectivity index (χ0n) is 10.8. The van der Waals surface area contributed by atoms with Crippen molar-refractivity contribution >= 4 is 24.0 Å². The third-order valence-corrected chi connectivity index (χ3v) is 2.96. The van der Waals surface area contributed by atoms with Crippen LogP contribution in [-0.2, 0) is 6.61 Å². The molecule has 7 heteroatoms. The Kier molecular flexibility index (Phi) is 7.11. The fourth-order valence-corrected chi connectivity index (χ4v) is 1.77. The van der Waals surface area contributed by atoms with Gasteiger partial charge in [0.1, 0.15) is 12.4 Å². The molecule has 0 radical (unpaired) electrons. The predicted octanol–water partition coefficient (Wildman–Crippen LogP) is 0.977. The van der Waals surface area contributed by atoms with Gasteiger partial charge < -0.3 is 17.7 Å². The monoisotopic (exact) mass is 324 g/mol. The Morgan fingerprint density at radius 3 is 2.35 bits per heavy atom. The molecule has 20 heavy (non-hydrogen) atoms. The Labute approximate surface area is 162 Å². The molecule has 0 aromatic heterocycles. The Morgan fingerprint density at radius 2 is 1.70 bits per heavy atom. The van der Waals surface area contributed by atoms with Gasteiger partial charge >= 0.3 is 58.4 Å². The van der Waals surface area contributed by atoms with E-state index < -0.39 is 12.4 Å². The number of ether oxygens (including phenoxy) is 1. The summed E-state index contributed by atoms with van der Waals surface area (Å²) in [6.07, 6.45) is 0. The number of hydrogen-bond acceptors (Lipinski definition) is 1. The van der Waals surface area contributed by atoms with Gasteiger partial charge in [-0.1, -0.05) is 41.9 Å². The Bertz CT molecular complexity index is 578. The maximum Gasteiger partial charge on any atom is 1.00 e. The summed E-state index contributed by atoms with van der Waals surface area (Å²) in [5.41, 5.74) is 0.0590. The van der Waals surface area contributed by atoms with Crippen LogP contribution in [-0.4, -0.2) is 6.98 Å². The van der Waals surface area contributed by atoms with Crippen molar-refractivity contribution in [2.45, 2.75) is 6.61 Å². The number of benzene rings is 2. The van der Waals surface area contributed by atoms with E-state index >= 15 is 0 Å². The van der Waals surface area contributed by atoms with Crippen LogP contribution < -0.4 is 61.6 Å². The van der Waals surface area contributed by atoms with Gasteiger partial charge in [-0.15, -0.1) is 5.46 Å². The molecule has 0 unspecified atom stereocenters. The van der Waals surface area contributed by atoms with Crippen LogP contribution in [0.25, 0.3) is 0 Å². The largest absolute Gasteiger partial charge is 1.00 e. The van der Waals surface area contributed by atoms with Gasteiger partial charge in [-0.05, 0) is 18.2 Å². The van der Waals surface area contributed by atoms with Crippen LogP contribution in [0, 0.1) is 0 Å². The van der Waals surface area contributed by atoms with Crippen molar-refractivity contribution < 1.29 is 69.1 Å². The Hall–Kier alpha value is 0.0213. The molecule has 0 amide bonds. The second kappa shape index (κ2) is 7.87. The SMILES string of the molecule is F[B-](F)(F)c1cccc(OCc2ccccc2Cl)c1.[K+]. The molecule has 2 rings (SSSR count). The smallest absolute Gasteiger partial charge is 0.489 e. The molecule has 1 nitrogen and oxygen atoms in total. The second-order valence-corrected chi connectivity index (χ2v) is 4.43. The summed E-state index contributed by atoms with van der Waals surface area (Å²) in [6, 6.07) is 11.9. The molecule has 0 heterocycles. The van der Waals surface area contributed by atoms with Crippen molar-refractivity contribution in [3.05, 3.63) is 59.1 Å². The molecule has 0 atom stereocenters. The van der Waals surface area contributed by atoms with Crippen molar-refractivity contribution in [3.8, 4) is 5.75 Å². The van der Waals surface area contributed by atoms with Gasteiger partial charge in [0.2, 0.25) is 0 Å². The molecule has 0 saturated heterocycles. The topological polar surface area (TPSA) is 9.23 Å². The number of hydrogen-bond donors (Lipinski definition) is 0. The molecule has 2 aromatic carbocycles. The van der Waals surface area contributed by atoms with Crippen LogP contribution in [0.4, 0.5) is 12.9 Å². The van der Waals surface area contributed by atoms with Crippen molar-refractivity contribution in [2.24, 2.45) is 0 Å². The van der Waals surface area contributed by atoms with E-state index in [9.17, 15) is 12.9 Å². The minimum atomic E-state index is -5.01. The van der Waals surface area contributed by atoms with Crippen LogP contribution in [0.1, 0.15) is 5.56 Å². The minimum absolute atomic E-state index is 0. The van der Waals surface area contributed by atoms with Gasteiger partial charge in [0.25, 0.3) is 0 Å². The zero-order chi connectivity index (χ0) is 13.9. The van der Waals surface area contributed by atoms with E-state index in [4.69, 9.17) is 16.3 Å². The summed E-state index contributed by atoms with van der Waals surface area (Å²) < 4.78 is 43.1. The van der Waals surface area contributed by atoms with E-state index in [1.165, 1.54) is 12.1 Å². The van der Waals surface area contributed by atoms with Crippen molar-refractivity contribution in [1.29, 1.82) is 0 Å². The van der Waals surface area contributed by atoms with Crippen molar-refractivity contribution in [3.63, 3.8) is 0 Å². The zero-order valence-corrected chi connectivity index (χ0v) is 14.7. The summed E-state index contributed by atoms with van der Waals surface area (Å²) >= 11 is 5.94. The standard InChI is InChI=1S/C13H10BClF3O.K/c15-13-7-2-1-4-10(13)9-19-12-6-3-5-11(8-12)14(16,17)18;/h1-8H,9H2;/q-1;+1. The molecule has 0 aliphatic carbocycles. The van der Waals surface area contributed by atoms with E-state index in [1.54, 1.807) is 24.3 Å². The number of halogens is 4. The van der Waals surface area contributed by atoms with E-state index in [1.807, 2.05) is 0 Å². The van der Waals surface area contributed by atoms with Crippen LogP contribution >= 0.6 is 11.6 Å². The molecule has 0 spiro atoms. The van der Waals surface area contributed by atoms with Crippen molar-refractivity contribution in [1.82, 2.24) is 0 Å². The van der Waals surface area contributed by atoms with E-state index in [2.05, 4.69) is 0 Å². The fraction of sp³-hybridized carbons (Fsp3) is 0.0769. The van der Waals surface area contributed by atoms with E-state index in [0.717, 1.165) is 17.7 Å². The molecule has 0 aliphatic rings. The molecule has 100 valence electrons. The van der Waals surface area contributed by atoms with Gasteiger partial charge in [-0.25, -0.2) is 0 Å². The molecule has 0 N–H and O–H groups in total. The summed E-state index contributed by atoms with van der Waals surface area (Å²) in [5, 5.41) is 0.527. The van der Waals surface area contributed by atoms with Gasteiger partial charge in [-0.3, -0.25) is 0 Å². The molecule has 0 saturated carbocycles. The molecule has 0 fully saturated rings. The Balaban J connectivity index is 0.00000200. The van der Waals surface area contributed by atoms with E-state index in [-0.39, 0.29) is 63.7 Å². The molecule has 0 bridgehead atoms. The average molecular weight is 325 g/mol. The quantitative estimate of drug-likeness (QED) is 0.762. The maximum absolute atomic E-state index is 12.6. The molecule has 0 aliphatic heterocycles. The van der Waals surface area contributed by atoms with Gasteiger partial charge in [0, 0.05) is 10.6 Å². The minimum Gasteiger partial charge on any atom is -0.489 e. The summed E-state index contributed by atoms with van der Waals surface area (Å²) in [7, 11) is 0. The average Bonchev–Trinajstić information content (AvgIpc) is 2.37. The van der Waals surface area contributed by atoms with Gasteiger partial charge in [-0.2, -0.15) is 0 Å². The van der Waals surface area contributed by atoms with Gasteiger partial charge in [0.15, 0.2) is 0 Å². The summed E-state index contributed by atoms with van der Waals surface area (Å²) in [4.78, 5) is 0. The first-order chi connectivity index (χ1) is 8.97. The predicted molar refractivity (Wildman–Crippen MR) is 70.9 cm³/mol. The maximum atomic E-state index is 12.6. The van der Waals surface area contributed by atoms with Gasteiger partial charge in [0.05, 0.1) is 0 Å². The van der Waals surface area contributed by atoms with Crippen LogP contribution in [0.5, 0.6) is 5.75 Å². The van der Waals surface area contributed by atoms with E-state index in [0.29, 0.717) is 5.02 Å². The van der Waals surface area contributed by atoms with Crippen LogP contribution in [0.3, 0.4) is 0 Å². The third kappa shape index (κ3) is 5.09. The first-order valence-corrected chi connectivity index (χ1v) is 6.01. The molecular weight excluding hydrogens is 314 g/mol. The number of rotatable bonds is 4. The Morgan fingerprint density at radius 1 is 1.00 bits per heavy atom. The normalized spacial score (nSPS) is 10.8. The molecular formula is C13H10BClF3KO. The first-order valence-electron chi connectivity index (χ1n) is 5.63. The second-order valence-electron chi connectivity index (χ2n) is 4.03. The first kappa shape index (κ1) is 18.1. The van der Waals surface area contributed by atoms with Crippen LogP contribution in [0.15, 0.2) is 48.5 Å². The molecule has 2 aromatic rings. The summed E-state index contributed by atoms with van der Waals surface area (Å²) in [5.74, 6) is 0.177. The van der Waals surface area contributed by atoms with Crippen molar-refractivity contribution in [2.75, 3.05) is 0 Å². The third-order valence-electron chi connectivity index (χ3n) is 2.59. The fourth-order valence-electron chi connectivity index (χ4n) is 1.58. The van der Waals surface area contributed by atoms with Crippen LogP contribution in [0.2, 0.25) is 5.02 Å².